The molecular weight excluding hydrogens is 314 g/mol. The number of sulfonamides is 1. The lowest BCUT2D eigenvalue weighted by molar-refractivity contribution is 0.0971. The molecule has 1 aromatic rings. The summed E-state index contributed by atoms with van der Waals surface area (Å²) in [5.74, 6) is 0.812. The molecule has 1 aliphatic carbocycles. The van der Waals surface area contributed by atoms with Gasteiger partial charge in [-0.05, 0) is 39.5 Å². The Bertz CT molecular complexity index is 715. The first-order valence-corrected chi connectivity index (χ1v) is 9.78. The largest absolute Gasteiger partial charge is 0.294 e. The van der Waals surface area contributed by atoms with Crippen molar-refractivity contribution in [1.29, 1.82) is 0 Å². The van der Waals surface area contributed by atoms with Crippen molar-refractivity contribution in [3.05, 3.63) is 23.3 Å². The van der Waals surface area contributed by atoms with E-state index in [2.05, 4.69) is 9.97 Å². The fraction of sp³-hybridized carbons (Fsp3) is 0.688. The van der Waals surface area contributed by atoms with Crippen LogP contribution in [0.3, 0.4) is 0 Å². The Morgan fingerprint density at radius 1 is 1.26 bits per heavy atom. The highest BCUT2D eigenvalue weighted by Gasteiger charge is 2.33. The molecule has 0 amide bonds. The highest BCUT2D eigenvalue weighted by molar-refractivity contribution is 7.89. The average molecular weight is 337 g/mol. The quantitative estimate of drug-likeness (QED) is 0.842. The third-order valence-corrected chi connectivity index (χ3v) is 6.95. The van der Waals surface area contributed by atoms with Crippen molar-refractivity contribution in [2.24, 2.45) is 0 Å². The second kappa shape index (κ2) is 6.28. The minimum atomic E-state index is -3.24. The number of piperidine rings is 1. The van der Waals surface area contributed by atoms with Crippen molar-refractivity contribution in [3.8, 4) is 0 Å². The van der Waals surface area contributed by atoms with E-state index in [9.17, 15) is 13.2 Å². The molecule has 0 N–H and O–H groups in total. The van der Waals surface area contributed by atoms with Crippen LogP contribution in [-0.2, 0) is 16.4 Å². The van der Waals surface area contributed by atoms with E-state index in [0.717, 1.165) is 31.4 Å². The van der Waals surface area contributed by atoms with Gasteiger partial charge in [-0.25, -0.2) is 22.7 Å². The summed E-state index contributed by atoms with van der Waals surface area (Å²) in [4.78, 5) is 20.8. The molecule has 0 radical (unpaired) electrons. The molecule has 1 aromatic heterocycles. The zero-order chi connectivity index (χ0) is 16.6. The summed E-state index contributed by atoms with van der Waals surface area (Å²) < 4.78 is 26.3. The number of Topliss-reactive ketones (excluding diaryl/α,β-unsaturated/α-hetero) is 1. The number of rotatable bonds is 3. The monoisotopic (exact) mass is 337 g/mol. The van der Waals surface area contributed by atoms with Gasteiger partial charge in [0.25, 0.3) is 0 Å². The Balaban J connectivity index is 1.83. The standard InChI is InChI=1S/C16H23N3O3S/c1-11(2)23(21,22)19-8-4-5-12(10-19)16-17-9-13-14(18-16)6-3-7-15(13)20/h9,11-12H,3-8,10H2,1-2H3/t12-/m1/s1. The van der Waals surface area contributed by atoms with Crippen molar-refractivity contribution >= 4 is 15.8 Å². The summed E-state index contributed by atoms with van der Waals surface area (Å²) in [5, 5.41) is -0.414. The van der Waals surface area contributed by atoms with Crippen LogP contribution < -0.4 is 0 Å². The molecule has 126 valence electrons. The van der Waals surface area contributed by atoms with Crippen molar-refractivity contribution in [2.45, 2.75) is 57.1 Å². The molecule has 6 nitrogen and oxygen atoms in total. The average Bonchev–Trinajstić information content (AvgIpc) is 2.55. The van der Waals surface area contributed by atoms with Crippen LogP contribution in [0.15, 0.2) is 6.20 Å². The lowest BCUT2D eigenvalue weighted by Gasteiger charge is -2.32. The predicted octanol–water partition coefficient (Wildman–Crippen LogP) is 1.91. The molecule has 1 fully saturated rings. The minimum absolute atomic E-state index is 0.0135. The fourth-order valence-electron chi connectivity index (χ4n) is 3.29. The SMILES string of the molecule is CC(C)S(=O)(=O)N1CCC[C@@H](c2ncc3c(n2)CCCC3=O)C1. The Morgan fingerprint density at radius 2 is 2.04 bits per heavy atom. The van der Waals surface area contributed by atoms with Crippen LogP contribution in [-0.4, -0.2) is 46.8 Å². The number of ketones is 1. The van der Waals surface area contributed by atoms with Crippen LogP contribution >= 0.6 is 0 Å². The highest BCUT2D eigenvalue weighted by Crippen LogP contribution is 2.29. The van der Waals surface area contributed by atoms with Gasteiger partial charge >= 0.3 is 0 Å². The molecule has 1 saturated heterocycles. The molecule has 1 atom stereocenters. The van der Waals surface area contributed by atoms with E-state index in [-0.39, 0.29) is 11.7 Å². The summed E-state index contributed by atoms with van der Waals surface area (Å²) in [5.41, 5.74) is 1.47. The molecule has 0 saturated carbocycles. The first kappa shape index (κ1) is 16.5. The molecule has 0 aromatic carbocycles. The lowest BCUT2D eigenvalue weighted by atomic mass is 9.94. The summed E-state index contributed by atoms with van der Waals surface area (Å²) >= 11 is 0. The van der Waals surface area contributed by atoms with Crippen LogP contribution in [0.25, 0.3) is 0 Å². The number of hydrogen-bond acceptors (Lipinski definition) is 5. The predicted molar refractivity (Wildman–Crippen MR) is 86.9 cm³/mol. The van der Waals surface area contributed by atoms with Crippen LogP contribution in [0.1, 0.15) is 67.3 Å². The molecule has 1 aliphatic heterocycles. The van der Waals surface area contributed by atoms with Crippen molar-refractivity contribution < 1.29 is 13.2 Å². The van der Waals surface area contributed by atoms with E-state index >= 15 is 0 Å². The molecule has 2 heterocycles. The number of aryl methyl sites for hydroxylation is 1. The zero-order valence-corrected chi connectivity index (χ0v) is 14.5. The maximum Gasteiger partial charge on any atom is 0.216 e. The molecule has 23 heavy (non-hydrogen) atoms. The zero-order valence-electron chi connectivity index (χ0n) is 13.7. The summed E-state index contributed by atoms with van der Waals surface area (Å²) in [6, 6.07) is 0. The summed E-state index contributed by atoms with van der Waals surface area (Å²) in [7, 11) is -3.24. The lowest BCUT2D eigenvalue weighted by Crippen LogP contribution is -2.42. The van der Waals surface area contributed by atoms with Crippen LogP contribution in [0.5, 0.6) is 0 Å². The van der Waals surface area contributed by atoms with Crippen LogP contribution in [0.4, 0.5) is 0 Å². The van der Waals surface area contributed by atoms with Crippen molar-refractivity contribution in [1.82, 2.24) is 14.3 Å². The molecule has 0 unspecified atom stereocenters. The molecular formula is C16H23N3O3S. The maximum absolute atomic E-state index is 12.4. The van der Waals surface area contributed by atoms with Gasteiger partial charge in [0.05, 0.1) is 16.5 Å². The highest BCUT2D eigenvalue weighted by atomic mass is 32.2. The topological polar surface area (TPSA) is 80.2 Å². The number of carbonyl (C=O) groups excluding carboxylic acids is 1. The Hall–Kier alpha value is -1.34. The van der Waals surface area contributed by atoms with Gasteiger partial charge in [0.15, 0.2) is 5.78 Å². The fourth-order valence-corrected chi connectivity index (χ4v) is 4.65. The van der Waals surface area contributed by atoms with Gasteiger partial charge in [0.1, 0.15) is 5.82 Å². The van der Waals surface area contributed by atoms with Crippen LogP contribution in [0, 0.1) is 0 Å². The van der Waals surface area contributed by atoms with E-state index in [1.54, 1.807) is 24.3 Å². The van der Waals surface area contributed by atoms with Gasteiger partial charge in [-0.2, -0.15) is 0 Å². The van der Waals surface area contributed by atoms with E-state index in [1.807, 2.05) is 0 Å². The molecule has 0 bridgehead atoms. The first-order valence-electron chi connectivity index (χ1n) is 8.27. The van der Waals surface area contributed by atoms with Gasteiger partial charge in [-0.1, -0.05) is 0 Å². The Labute approximate surface area is 137 Å². The van der Waals surface area contributed by atoms with Crippen molar-refractivity contribution in [3.63, 3.8) is 0 Å². The molecule has 7 heteroatoms. The number of aromatic nitrogens is 2. The number of hydrogen-bond donors (Lipinski definition) is 0. The third-order valence-electron chi connectivity index (χ3n) is 4.71. The molecule has 3 rings (SSSR count). The van der Waals surface area contributed by atoms with Gasteiger partial charge in [0.2, 0.25) is 10.0 Å². The van der Waals surface area contributed by atoms with E-state index < -0.39 is 15.3 Å². The first-order chi connectivity index (χ1) is 10.9. The number of carbonyl (C=O) groups is 1. The maximum atomic E-state index is 12.4. The van der Waals surface area contributed by atoms with E-state index in [1.165, 1.54) is 0 Å². The van der Waals surface area contributed by atoms with Gasteiger partial charge in [-0.3, -0.25) is 4.79 Å². The Kier molecular flexibility index (Phi) is 4.51. The molecule has 2 aliphatic rings. The molecule has 0 spiro atoms. The van der Waals surface area contributed by atoms with Crippen molar-refractivity contribution in [2.75, 3.05) is 13.1 Å². The third kappa shape index (κ3) is 3.17. The van der Waals surface area contributed by atoms with E-state index in [4.69, 9.17) is 0 Å². The normalized spacial score (nSPS) is 23.1. The second-order valence-corrected chi connectivity index (χ2v) is 9.15. The Morgan fingerprint density at radius 3 is 2.78 bits per heavy atom. The minimum Gasteiger partial charge on any atom is -0.294 e. The smallest absolute Gasteiger partial charge is 0.216 e. The summed E-state index contributed by atoms with van der Waals surface area (Å²) in [6.45, 7) is 4.42. The van der Waals surface area contributed by atoms with E-state index in [0.29, 0.717) is 30.9 Å². The number of nitrogens with zero attached hydrogens (tertiary/aromatic N) is 3. The van der Waals surface area contributed by atoms with Crippen LogP contribution in [0.2, 0.25) is 0 Å². The number of fused-ring (bicyclic) bond motifs is 1. The van der Waals surface area contributed by atoms with Gasteiger partial charge in [0, 0.05) is 31.6 Å². The summed E-state index contributed by atoms with van der Waals surface area (Å²) in [6.07, 6.45) is 5.54. The van der Waals surface area contributed by atoms with Gasteiger partial charge in [-0.15, -0.1) is 0 Å². The van der Waals surface area contributed by atoms with Gasteiger partial charge < -0.3 is 0 Å². The second-order valence-electron chi connectivity index (χ2n) is 6.66.